The van der Waals surface area contributed by atoms with Gasteiger partial charge < -0.3 is 14.8 Å². The van der Waals surface area contributed by atoms with E-state index in [2.05, 4.69) is 5.32 Å². The van der Waals surface area contributed by atoms with Gasteiger partial charge in [0.25, 0.3) is 5.91 Å². The second-order valence-electron chi connectivity index (χ2n) is 7.79. The van der Waals surface area contributed by atoms with Crippen LogP contribution in [0.5, 0.6) is 5.75 Å². The molecule has 0 aliphatic carbocycles. The van der Waals surface area contributed by atoms with Crippen LogP contribution in [0.2, 0.25) is 0 Å². The molecule has 1 aliphatic rings. The molecule has 0 spiro atoms. The highest BCUT2D eigenvalue weighted by molar-refractivity contribution is 7.89. The van der Waals surface area contributed by atoms with Gasteiger partial charge in [0.15, 0.2) is 6.10 Å². The average Bonchev–Trinajstić information content (AvgIpc) is 2.79. The van der Waals surface area contributed by atoms with Gasteiger partial charge in [0.05, 0.1) is 17.9 Å². The topological polar surface area (TPSA) is 102 Å². The second-order valence-corrected chi connectivity index (χ2v) is 9.73. The van der Waals surface area contributed by atoms with Crippen molar-refractivity contribution in [1.82, 2.24) is 4.31 Å². The number of benzene rings is 2. The number of piperidine rings is 1. The molecule has 1 heterocycles. The van der Waals surface area contributed by atoms with E-state index in [1.807, 2.05) is 6.92 Å². The summed E-state index contributed by atoms with van der Waals surface area (Å²) in [6, 6.07) is 13.5. The second kappa shape index (κ2) is 10.1. The van der Waals surface area contributed by atoms with E-state index in [1.54, 1.807) is 55.6 Å². The van der Waals surface area contributed by atoms with E-state index < -0.39 is 33.9 Å². The van der Waals surface area contributed by atoms with Crippen LogP contribution in [-0.4, -0.2) is 50.9 Å². The average molecular weight is 461 g/mol. The minimum absolute atomic E-state index is 0.225. The Balaban J connectivity index is 1.51. The Morgan fingerprint density at radius 2 is 1.62 bits per heavy atom. The van der Waals surface area contributed by atoms with Crippen molar-refractivity contribution in [3.05, 3.63) is 54.1 Å². The molecule has 2 aromatic rings. The van der Waals surface area contributed by atoms with Gasteiger partial charge in [0.1, 0.15) is 5.75 Å². The van der Waals surface area contributed by atoms with Gasteiger partial charge in [-0.05, 0) is 63.1 Å². The van der Waals surface area contributed by atoms with Gasteiger partial charge in [0, 0.05) is 18.8 Å². The Morgan fingerprint density at radius 1 is 1.03 bits per heavy atom. The monoisotopic (exact) mass is 460 g/mol. The number of nitrogens with zero attached hydrogens (tertiary/aromatic N) is 1. The lowest BCUT2D eigenvalue weighted by molar-refractivity contribution is -0.158. The lowest BCUT2D eigenvalue weighted by Gasteiger charge is -2.30. The van der Waals surface area contributed by atoms with Gasteiger partial charge in [-0.1, -0.05) is 17.7 Å². The number of aryl methyl sites for hydroxylation is 1. The fourth-order valence-corrected chi connectivity index (χ4v) is 4.90. The largest absolute Gasteiger partial charge is 0.497 e. The number of hydrogen-bond donors (Lipinski definition) is 1. The van der Waals surface area contributed by atoms with Gasteiger partial charge in [-0.2, -0.15) is 4.31 Å². The molecule has 0 radical (unpaired) electrons. The SMILES string of the molecule is COc1ccc(NC(=O)C(C)OC(=O)C2CCN(S(=O)(=O)c3ccc(C)cc3)CC2)cc1. The normalized spacial score (nSPS) is 16.2. The Kier molecular flexibility index (Phi) is 7.52. The van der Waals surface area contributed by atoms with Crippen LogP contribution in [0.25, 0.3) is 0 Å². The summed E-state index contributed by atoms with van der Waals surface area (Å²) < 4.78 is 37.4. The summed E-state index contributed by atoms with van der Waals surface area (Å²) >= 11 is 0. The lowest BCUT2D eigenvalue weighted by Crippen LogP contribution is -2.41. The van der Waals surface area contributed by atoms with Crippen molar-refractivity contribution < 1.29 is 27.5 Å². The number of nitrogens with one attached hydrogen (secondary N) is 1. The minimum Gasteiger partial charge on any atom is -0.497 e. The first-order valence-corrected chi connectivity index (χ1v) is 11.9. The smallest absolute Gasteiger partial charge is 0.309 e. The molecule has 32 heavy (non-hydrogen) atoms. The van der Waals surface area contributed by atoms with Gasteiger partial charge in [-0.25, -0.2) is 8.42 Å². The zero-order chi connectivity index (χ0) is 23.3. The molecule has 0 aromatic heterocycles. The molecule has 1 aliphatic heterocycles. The van der Waals surface area contributed by atoms with Crippen LogP contribution in [0.4, 0.5) is 5.69 Å². The van der Waals surface area contributed by atoms with E-state index in [9.17, 15) is 18.0 Å². The van der Waals surface area contributed by atoms with Crippen LogP contribution in [0.1, 0.15) is 25.3 Å². The highest BCUT2D eigenvalue weighted by Gasteiger charge is 2.33. The number of amides is 1. The predicted molar refractivity (Wildman–Crippen MR) is 120 cm³/mol. The van der Waals surface area contributed by atoms with Gasteiger partial charge >= 0.3 is 5.97 Å². The van der Waals surface area contributed by atoms with Crippen LogP contribution in [0.3, 0.4) is 0 Å². The summed E-state index contributed by atoms with van der Waals surface area (Å²) in [5, 5.41) is 2.69. The number of carbonyl (C=O) groups excluding carboxylic acids is 2. The van der Waals surface area contributed by atoms with E-state index in [0.717, 1.165) is 5.56 Å². The fourth-order valence-electron chi connectivity index (χ4n) is 3.43. The third-order valence-electron chi connectivity index (χ3n) is 5.47. The molecule has 0 bridgehead atoms. The number of anilines is 1. The molecular weight excluding hydrogens is 432 g/mol. The van der Waals surface area contributed by atoms with Crippen LogP contribution in [0.15, 0.2) is 53.4 Å². The summed E-state index contributed by atoms with van der Waals surface area (Å²) in [4.78, 5) is 25.1. The van der Waals surface area contributed by atoms with Crippen LogP contribution in [-0.2, 0) is 24.3 Å². The zero-order valence-electron chi connectivity index (χ0n) is 18.4. The van der Waals surface area contributed by atoms with Crippen LogP contribution in [0, 0.1) is 12.8 Å². The van der Waals surface area contributed by atoms with Crippen molar-refractivity contribution in [2.75, 3.05) is 25.5 Å². The Hall–Kier alpha value is -2.91. The third kappa shape index (κ3) is 5.66. The van der Waals surface area contributed by atoms with Crippen molar-refractivity contribution in [2.24, 2.45) is 5.92 Å². The number of ether oxygens (including phenoxy) is 2. The van der Waals surface area contributed by atoms with Crippen LogP contribution < -0.4 is 10.1 Å². The maximum Gasteiger partial charge on any atom is 0.309 e. The lowest BCUT2D eigenvalue weighted by atomic mass is 9.98. The molecule has 1 unspecified atom stereocenters. The van der Waals surface area contributed by atoms with Gasteiger partial charge in [0.2, 0.25) is 10.0 Å². The summed E-state index contributed by atoms with van der Waals surface area (Å²) in [6.45, 7) is 3.85. The number of rotatable bonds is 7. The van der Waals surface area contributed by atoms with Crippen molar-refractivity contribution in [1.29, 1.82) is 0 Å². The summed E-state index contributed by atoms with van der Waals surface area (Å²) in [7, 11) is -2.04. The highest BCUT2D eigenvalue weighted by atomic mass is 32.2. The number of esters is 1. The molecular formula is C23H28N2O6S. The Bertz CT molecular complexity index is 1040. The maximum absolute atomic E-state index is 12.8. The molecule has 2 aromatic carbocycles. The first-order valence-electron chi connectivity index (χ1n) is 10.4. The summed E-state index contributed by atoms with van der Waals surface area (Å²) in [5.41, 5.74) is 1.55. The Labute approximate surface area is 188 Å². The third-order valence-corrected chi connectivity index (χ3v) is 7.38. The Morgan fingerprint density at radius 3 is 2.19 bits per heavy atom. The van der Waals surface area contributed by atoms with E-state index in [0.29, 0.717) is 24.3 Å². The number of sulfonamides is 1. The first-order chi connectivity index (χ1) is 15.2. The number of methoxy groups -OCH3 is 1. The van der Waals surface area contributed by atoms with Crippen molar-refractivity contribution in [2.45, 2.75) is 37.7 Å². The maximum atomic E-state index is 12.8. The number of carbonyl (C=O) groups is 2. The molecule has 1 fully saturated rings. The fraction of sp³-hybridized carbons (Fsp3) is 0.391. The van der Waals surface area contributed by atoms with Crippen molar-refractivity contribution in [3.8, 4) is 5.75 Å². The van der Waals surface area contributed by atoms with E-state index in [1.165, 1.54) is 11.2 Å². The highest BCUT2D eigenvalue weighted by Crippen LogP contribution is 2.25. The van der Waals surface area contributed by atoms with E-state index in [4.69, 9.17) is 9.47 Å². The van der Waals surface area contributed by atoms with Gasteiger partial charge in [-0.3, -0.25) is 9.59 Å². The summed E-state index contributed by atoms with van der Waals surface area (Å²) in [6.07, 6.45) is -0.285. The minimum atomic E-state index is -3.60. The standard InChI is InChI=1S/C23H28N2O6S/c1-16-4-10-21(11-5-16)32(28,29)25-14-12-18(13-15-25)23(27)31-17(2)22(26)24-19-6-8-20(30-3)9-7-19/h4-11,17-18H,12-15H2,1-3H3,(H,24,26). The molecule has 1 N–H and O–H groups in total. The molecule has 9 heteroatoms. The molecule has 1 amide bonds. The van der Waals surface area contributed by atoms with Crippen molar-refractivity contribution >= 4 is 27.6 Å². The van der Waals surface area contributed by atoms with Gasteiger partial charge in [-0.15, -0.1) is 0 Å². The van der Waals surface area contributed by atoms with E-state index in [-0.39, 0.29) is 18.0 Å². The first kappa shape index (κ1) is 23.7. The van der Waals surface area contributed by atoms with E-state index >= 15 is 0 Å². The molecule has 8 nitrogen and oxygen atoms in total. The van der Waals surface area contributed by atoms with Crippen molar-refractivity contribution in [3.63, 3.8) is 0 Å². The molecule has 1 atom stereocenters. The quantitative estimate of drug-likeness (QED) is 0.638. The molecule has 0 saturated carbocycles. The van der Waals surface area contributed by atoms with Crippen LogP contribution >= 0.6 is 0 Å². The zero-order valence-corrected chi connectivity index (χ0v) is 19.2. The molecule has 1 saturated heterocycles. The molecule has 3 rings (SSSR count). The predicted octanol–water partition coefficient (Wildman–Crippen LogP) is 2.97. The summed E-state index contributed by atoms with van der Waals surface area (Å²) in [5.74, 6) is -0.716. The molecule has 172 valence electrons. The number of hydrogen-bond acceptors (Lipinski definition) is 6.